The van der Waals surface area contributed by atoms with Crippen LogP contribution in [0.3, 0.4) is 0 Å². The Morgan fingerprint density at radius 3 is 2.84 bits per heavy atom. The van der Waals surface area contributed by atoms with E-state index < -0.39 is 23.8 Å². The molecule has 19 heavy (non-hydrogen) atoms. The maximum absolute atomic E-state index is 11.9. The number of carboxylic acids is 1. The Balaban J connectivity index is 2.07. The van der Waals surface area contributed by atoms with Gasteiger partial charge >= 0.3 is 5.97 Å². The average Bonchev–Trinajstić information content (AvgIpc) is 2.94. The molecule has 8 nitrogen and oxygen atoms in total. The first-order valence-corrected chi connectivity index (χ1v) is 5.76. The summed E-state index contributed by atoms with van der Waals surface area (Å²) in [5.74, 6) is -2.34. The van der Waals surface area contributed by atoms with Gasteiger partial charge in [0.1, 0.15) is 0 Å². The SMILES string of the molecule is Cn1cc(C(NC(=O)C2CNC(=O)C2)C(=O)O)cn1. The molecule has 8 heteroatoms. The molecule has 1 fully saturated rings. The molecule has 1 aliphatic heterocycles. The van der Waals surface area contributed by atoms with Crippen molar-refractivity contribution in [3.05, 3.63) is 18.0 Å². The zero-order valence-corrected chi connectivity index (χ0v) is 10.3. The molecule has 2 heterocycles. The van der Waals surface area contributed by atoms with Crippen molar-refractivity contribution in [1.29, 1.82) is 0 Å². The van der Waals surface area contributed by atoms with Crippen LogP contribution in [0.4, 0.5) is 0 Å². The number of hydrogen-bond donors (Lipinski definition) is 3. The maximum Gasteiger partial charge on any atom is 0.331 e. The molecule has 1 saturated heterocycles. The summed E-state index contributed by atoms with van der Waals surface area (Å²) in [6.45, 7) is 0.240. The van der Waals surface area contributed by atoms with E-state index in [0.717, 1.165) is 0 Å². The lowest BCUT2D eigenvalue weighted by molar-refractivity contribution is -0.142. The number of aromatic nitrogens is 2. The fourth-order valence-electron chi connectivity index (χ4n) is 1.93. The van der Waals surface area contributed by atoms with Gasteiger partial charge in [0.15, 0.2) is 6.04 Å². The number of amides is 2. The number of carboxylic acid groups (broad SMARTS) is 1. The predicted octanol–water partition coefficient (Wildman–Crippen LogP) is -1.20. The topological polar surface area (TPSA) is 113 Å². The van der Waals surface area contributed by atoms with Crippen molar-refractivity contribution in [1.82, 2.24) is 20.4 Å². The van der Waals surface area contributed by atoms with Crippen molar-refractivity contribution in [3.8, 4) is 0 Å². The second kappa shape index (κ2) is 5.09. The van der Waals surface area contributed by atoms with E-state index in [4.69, 9.17) is 5.11 Å². The molecule has 1 aromatic rings. The highest BCUT2D eigenvalue weighted by Crippen LogP contribution is 2.15. The Morgan fingerprint density at radius 1 is 1.63 bits per heavy atom. The number of carbonyl (C=O) groups excluding carboxylic acids is 2. The second-order valence-corrected chi connectivity index (χ2v) is 4.43. The van der Waals surface area contributed by atoms with Gasteiger partial charge in [-0.3, -0.25) is 14.3 Å². The molecule has 2 rings (SSSR count). The molecule has 0 radical (unpaired) electrons. The van der Waals surface area contributed by atoms with Crippen LogP contribution >= 0.6 is 0 Å². The van der Waals surface area contributed by atoms with E-state index in [1.165, 1.54) is 17.1 Å². The number of hydrogen-bond acceptors (Lipinski definition) is 4. The van der Waals surface area contributed by atoms with Gasteiger partial charge in [-0.15, -0.1) is 0 Å². The highest BCUT2D eigenvalue weighted by molar-refractivity contribution is 5.91. The van der Waals surface area contributed by atoms with Crippen LogP contribution in [0.1, 0.15) is 18.0 Å². The quantitative estimate of drug-likeness (QED) is 0.633. The summed E-state index contributed by atoms with van der Waals surface area (Å²) in [5, 5.41) is 18.0. The van der Waals surface area contributed by atoms with Crippen LogP contribution in [0.5, 0.6) is 0 Å². The molecule has 102 valence electrons. The third kappa shape index (κ3) is 2.90. The van der Waals surface area contributed by atoms with Crippen molar-refractivity contribution in [2.45, 2.75) is 12.5 Å². The lowest BCUT2D eigenvalue weighted by Gasteiger charge is -2.15. The predicted molar refractivity (Wildman–Crippen MR) is 62.8 cm³/mol. The lowest BCUT2D eigenvalue weighted by atomic mass is 10.1. The molecule has 0 saturated carbocycles. The zero-order valence-electron chi connectivity index (χ0n) is 10.3. The average molecular weight is 266 g/mol. The Hall–Kier alpha value is -2.38. The standard InChI is InChI=1S/C11H14N4O4/c1-15-5-7(4-13-15)9(11(18)19)14-10(17)6-2-8(16)12-3-6/h4-6,9H,2-3H2,1H3,(H,12,16)(H,14,17)(H,18,19). The Bertz CT molecular complexity index is 525. The van der Waals surface area contributed by atoms with Gasteiger partial charge < -0.3 is 15.7 Å². The summed E-state index contributed by atoms with van der Waals surface area (Å²) in [4.78, 5) is 34.1. The van der Waals surface area contributed by atoms with Crippen molar-refractivity contribution < 1.29 is 19.5 Å². The van der Waals surface area contributed by atoms with E-state index in [-0.39, 0.29) is 18.9 Å². The van der Waals surface area contributed by atoms with Crippen LogP contribution in [0.25, 0.3) is 0 Å². The highest BCUT2D eigenvalue weighted by Gasteiger charge is 2.31. The molecule has 0 aromatic carbocycles. The van der Waals surface area contributed by atoms with E-state index in [1.807, 2.05) is 0 Å². The number of aryl methyl sites for hydroxylation is 1. The molecule has 0 aliphatic carbocycles. The Kier molecular flexibility index (Phi) is 3.50. The molecule has 2 unspecified atom stereocenters. The molecule has 0 spiro atoms. The molecule has 1 aliphatic rings. The van der Waals surface area contributed by atoms with Crippen LogP contribution in [-0.2, 0) is 21.4 Å². The molecule has 3 N–H and O–H groups in total. The van der Waals surface area contributed by atoms with Gasteiger partial charge in [-0.1, -0.05) is 0 Å². The first kappa shape index (κ1) is 13.1. The molecule has 2 atom stereocenters. The van der Waals surface area contributed by atoms with E-state index in [9.17, 15) is 14.4 Å². The van der Waals surface area contributed by atoms with E-state index >= 15 is 0 Å². The third-order valence-electron chi connectivity index (χ3n) is 2.94. The van der Waals surface area contributed by atoms with Crippen molar-refractivity contribution in [3.63, 3.8) is 0 Å². The van der Waals surface area contributed by atoms with Gasteiger partial charge in [-0.05, 0) is 0 Å². The molecule has 1 aromatic heterocycles. The Labute approximate surface area is 108 Å². The molecular formula is C11H14N4O4. The number of carbonyl (C=O) groups is 3. The van der Waals surface area contributed by atoms with Crippen molar-refractivity contribution >= 4 is 17.8 Å². The summed E-state index contributed by atoms with van der Waals surface area (Å²) in [7, 11) is 1.66. The summed E-state index contributed by atoms with van der Waals surface area (Å²) < 4.78 is 1.46. The Morgan fingerprint density at radius 2 is 2.37 bits per heavy atom. The monoisotopic (exact) mass is 266 g/mol. The first-order chi connectivity index (χ1) is 8.97. The van der Waals surface area contributed by atoms with Gasteiger partial charge in [-0.2, -0.15) is 5.10 Å². The van der Waals surface area contributed by atoms with Gasteiger partial charge in [0.05, 0.1) is 12.1 Å². The zero-order chi connectivity index (χ0) is 14.0. The third-order valence-corrected chi connectivity index (χ3v) is 2.94. The molecule has 0 bridgehead atoms. The molecular weight excluding hydrogens is 252 g/mol. The summed E-state index contributed by atoms with van der Waals surface area (Å²) >= 11 is 0. The van der Waals surface area contributed by atoms with E-state index in [1.54, 1.807) is 7.05 Å². The van der Waals surface area contributed by atoms with Gasteiger partial charge in [0.2, 0.25) is 11.8 Å². The fourth-order valence-corrected chi connectivity index (χ4v) is 1.93. The molecule has 2 amide bonds. The van der Waals surface area contributed by atoms with Crippen LogP contribution < -0.4 is 10.6 Å². The van der Waals surface area contributed by atoms with E-state index in [0.29, 0.717) is 5.56 Å². The van der Waals surface area contributed by atoms with Crippen LogP contribution in [-0.4, -0.2) is 39.2 Å². The smallest absolute Gasteiger partial charge is 0.331 e. The maximum atomic E-state index is 11.9. The second-order valence-electron chi connectivity index (χ2n) is 4.43. The fraction of sp³-hybridized carbons (Fsp3) is 0.455. The number of rotatable bonds is 4. The van der Waals surface area contributed by atoms with Gasteiger partial charge in [0.25, 0.3) is 0 Å². The van der Waals surface area contributed by atoms with Crippen LogP contribution in [0, 0.1) is 5.92 Å². The summed E-state index contributed by atoms with van der Waals surface area (Å²) in [6, 6.07) is -1.16. The number of nitrogens with zero attached hydrogens (tertiary/aromatic N) is 2. The first-order valence-electron chi connectivity index (χ1n) is 5.76. The largest absolute Gasteiger partial charge is 0.479 e. The number of nitrogens with one attached hydrogen (secondary N) is 2. The van der Waals surface area contributed by atoms with Crippen molar-refractivity contribution in [2.75, 3.05) is 6.54 Å². The highest BCUT2D eigenvalue weighted by atomic mass is 16.4. The van der Waals surface area contributed by atoms with Crippen LogP contribution in [0.15, 0.2) is 12.4 Å². The van der Waals surface area contributed by atoms with E-state index in [2.05, 4.69) is 15.7 Å². The minimum absolute atomic E-state index is 0.0885. The van der Waals surface area contributed by atoms with Crippen molar-refractivity contribution in [2.24, 2.45) is 13.0 Å². The number of aliphatic carboxylic acids is 1. The lowest BCUT2D eigenvalue weighted by Crippen LogP contribution is -2.38. The normalized spacial score (nSPS) is 19.8. The van der Waals surface area contributed by atoms with Gasteiger partial charge in [-0.25, -0.2) is 4.79 Å². The van der Waals surface area contributed by atoms with Gasteiger partial charge in [0, 0.05) is 31.8 Å². The summed E-state index contributed by atoms with van der Waals surface area (Å²) in [5.41, 5.74) is 0.389. The summed E-state index contributed by atoms with van der Waals surface area (Å²) in [6.07, 6.45) is 3.00. The minimum Gasteiger partial charge on any atom is -0.479 e. The van der Waals surface area contributed by atoms with Crippen LogP contribution in [0.2, 0.25) is 0 Å². The minimum atomic E-state index is -1.17.